The molecule has 0 saturated carbocycles. The molecule has 0 spiro atoms. The number of nitrogens with one attached hydrogen (secondary N) is 2. The van der Waals surface area contributed by atoms with Crippen LogP contribution in [0.1, 0.15) is 74.1 Å². The molecule has 0 aromatic heterocycles. The normalized spacial score (nSPS) is 23.1. The van der Waals surface area contributed by atoms with Crippen LogP contribution in [-0.2, 0) is 9.59 Å². The minimum absolute atomic E-state index is 0.0143. The fraction of sp³-hybridized carbons (Fsp3) is 0.923. The number of rotatable bonds is 12. The summed E-state index contributed by atoms with van der Waals surface area (Å²) in [6.45, 7) is 21.1. The van der Waals surface area contributed by atoms with Crippen molar-refractivity contribution >= 4 is 11.8 Å². The molecular weight excluding hydrogens is 400 g/mol. The van der Waals surface area contributed by atoms with E-state index in [0.29, 0.717) is 17.8 Å². The summed E-state index contributed by atoms with van der Waals surface area (Å²) < 4.78 is 0. The molecule has 32 heavy (non-hydrogen) atoms. The maximum absolute atomic E-state index is 13.0. The summed E-state index contributed by atoms with van der Waals surface area (Å²) in [6, 6.07) is 0.419. The molecule has 2 aliphatic heterocycles. The Balaban J connectivity index is 1.83. The van der Waals surface area contributed by atoms with Gasteiger partial charge in [0.25, 0.3) is 0 Å². The van der Waals surface area contributed by atoms with Crippen molar-refractivity contribution < 1.29 is 9.59 Å². The Bertz CT molecular complexity index is 588. The molecule has 2 saturated heterocycles. The van der Waals surface area contributed by atoms with E-state index in [0.717, 1.165) is 32.6 Å². The fourth-order valence-electron chi connectivity index (χ4n) is 4.76. The summed E-state index contributed by atoms with van der Waals surface area (Å²) in [4.78, 5) is 30.1. The summed E-state index contributed by atoms with van der Waals surface area (Å²) in [5.41, 5.74) is 0. The Morgan fingerprint density at radius 3 is 1.81 bits per heavy atom. The first kappa shape index (κ1) is 27.1. The van der Waals surface area contributed by atoms with Crippen LogP contribution in [0.3, 0.4) is 0 Å². The van der Waals surface area contributed by atoms with Crippen LogP contribution in [0.15, 0.2) is 0 Å². The Labute approximate surface area is 197 Å². The van der Waals surface area contributed by atoms with Gasteiger partial charge in [-0.15, -0.1) is 0 Å². The van der Waals surface area contributed by atoms with Gasteiger partial charge in [0.1, 0.15) is 0 Å². The molecule has 2 amide bonds. The molecule has 2 heterocycles. The second kappa shape index (κ2) is 12.9. The maximum atomic E-state index is 13.0. The van der Waals surface area contributed by atoms with Gasteiger partial charge in [-0.1, -0.05) is 48.5 Å². The van der Waals surface area contributed by atoms with E-state index in [4.69, 9.17) is 0 Å². The zero-order valence-corrected chi connectivity index (χ0v) is 21.8. The fourth-order valence-corrected chi connectivity index (χ4v) is 4.76. The highest BCUT2D eigenvalue weighted by molar-refractivity contribution is 5.78. The monoisotopic (exact) mass is 450 g/mol. The number of hydrogen-bond acceptors (Lipinski definition) is 4. The van der Waals surface area contributed by atoms with E-state index in [9.17, 15) is 9.59 Å². The number of nitrogens with zero attached hydrogens (tertiary/aromatic N) is 2. The molecule has 0 aromatic carbocycles. The van der Waals surface area contributed by atoms with Gasteiger partial charge in [0.2, 0.25) is 11.8 Å². The molecule has 2 rings (SSSR count). The molecule has 0 bridgehead atoms. The Hall–Kier alpha value is -1.14. The zero-order chi connectivity index (χ0) is 23.8. The highest BCUT2D eigenvalue weighted by atomic mass is 16.2. The van der Waals surface area contributed by atoms with Crippen molar-refractivity contribution in [3.8, 4) is 0 Å². The number of carbonyl (C=O) groups excluding carboxylic acids is 2. The van der Waals surface area contributed by atoms with Gasteiger partial charge >= 0.3 is 0 Å². The number of piperidine rings is 1. The molecule has 6 nitrogen and oxygen atoms in total. The summed E-state index contributed by atoms with van der Waals surface area (Å²) >= 11 is 0. The third-order valence-electron chi connectivity index (χ3n) is 7.39. The molecule has 3 unspecified atom stereocenters. The van der Waals surface area contributed by atoms with E-state index in [1.165, 1.54) is 32.4 Å². The van der Waals surface area contributed by atoms with Crippen molar-refractivity contribution in [2.24, 2.45) is 29.6 Å². The topological polar surface area (TPSA) is 64.7 Å². The Morgan fingerprint density at radius 1 is 0.781 bits per heavy atom. The van der Waals surface area contributed by atoms with Crippen LogP contribution in [0.4, 0.5) is 0 Å². The molecule has 2 fully saturated rings. The van der Waals surface area contributed by atoms with E-state index in [2.05, 4.69) is 55.1 Å². The molecule has 0 radical (unpaired) electrons. The quantitative estimate of drug-likeness (QED) is 0.478. The van der Waals surface area contributed by atoms with Crippen molar-refractivity contribution in [3.63, 3.8) is 0 Å². The Morgan fingerprint density at radius 2 is 1.31 bits per heavy atom. The van der Waals surface area contributed by atoms with Crippen LogP contribution in [0.2, 0.25) is 0 Å². The molecule has 0 aromatic rings. The van der Waals surface area contributed by atoms with Gasteiger partial charge in [-0.25, -0.2) is 0 Å². The van der Waals surface area contributed by atoms with Gasteiger partial charge < -0.3 is 20.4 Å². The van der Waals surface area contributed by atoms with Crippen LogP contribution in [0, 0.1) is 29.6 Å². The average molecular weight is 451 g/mol. The second-order valence-corrected chi connectivity index (χ2v) is 11.4. The number of amides is 2. The minimum Gasteiger partial charge on any atom is -0.352 e. The van der Waals surface area contributed by atoms with Gasteiger partial charge in [-0.05, 0) is 63.1 Å². The average Bonchev–Trinajstić information content (AvgIpc) is 2.68. The van der Waals surface area contributed by atoms with E-state index in [-0.39, 0.29) is 35.7 Å². The highest BCUT2D eigenvalue weighted by Crippen LogP contribution is 2.24. The number of hydrogen-bond donors (Lipinski definition) is 2. The first-order chi connectivity index (χ1) is 15.1. The van der Waals surface area contributed by atoms with Crippen LogP contribution in [0.5, 0.6) is 0 Å². The van der Waals surface area contributed by atoms with E-state index < -0.39 is 0 Å². The van der Waals surface area contributed by atoms with Gasteiger partial charge in [0.05, 0.1) is 0 Å². The lowest BCUT2D eigenvalue weighted by Gasteiger charge is -2.38. The van der Waals surface area contributed by atoms with Crippen LogP contribution in [0.25, 0.3) is 0 Å². The first-order valence-corrected chi connectivity index (χ1v) is 13.1. The molecule has 4 atom stereocenters. The highest BCUT2D eigenvalue weighted by Gasteiger charge is 2.29. The maximum Gasteiger partial charge on any atom is 0.223 e. The lowest BCUT2D eigenvalue weighted by atomic mass is 9.87. The summed E-state index contributed by atoms with van der Waals surface area (Å²) in [5, 5.41) is 6.60. The van der Waals surface area contributed by atoms with Crippen molar-refractivity contribution in [2.45, 2.75) is 86.2 Å². The minimum atomic E-state index is 0.0143. The molecular formula is C26H50N4O2. The van der Waals surface area contributed by atoms with E-state index >= 15 is 0 Å². The third kappa shape index (κ3) is 8.66. The molecule has 0 aliphatic carbocycles. The van der Waals surface area contributed by atoms with Crippen LogP contribution in [-0.4, -0.2) is 73.0 Å². The molecule has 2 aliphatic rings. The summed E-state index contributed by atoms with van der Waals surface area (Å²) in [7, 11) is 0. The lowest BCUT2D eigenvalue weighted by molar-refractivity contribution is -0.127. The van der Waals surface area contributed by atoms with Crippen molar-refractivity contribution in [1.82, 2.24) is 20.4 Å². The van der Waals surface area contributed by atoms with Gasteiger partial charge in [0.15, 0.2) is 0 Å². The van der Waals surface area contributed by atoms with Crippen molar-refractivity contribution in [3.05, 3.63) is 0 Å². The SMILES string of the molecule is CC(C)C(=O)NC(CN1CCCC(CC(C)C(=O)N[C@@H](CN2CCC2)C(C)C)C1)C(C)C. The number of likely N-dealkylation sites (tertiary alicyclic amines) is 2. The molecule has 2 N–H and O–H groups in total. The second-order valence-electron chi connectivity index (χ2n) is 11.4. The summed E-state index contributed by atoms with van der Waals surface area (Å²) in [5.74, 6) is 1.81. The Kier molecular flexibility index (Phi) is 11.0. The standard InChI is InChI=1S/C26H50N4O2/c1-18(2)23(16-29-12-9-13-29)28-26(32)21(7)14-22-10-8-11-30(15-22)17-24(19(3)4)27-25(31)20(5)6/h18-24H,8-17H2,1-7H3,(H,27,31)(H,28,32)/t21?,22?,23-,24?/m0/s1. The smallest absolute Gasteiger partial charge is 0.223 e. The predicted octanol–water partition coefficient (Wildman–Crippen LogP) is 3.37. The van der Waals surface area contributed by atoms with Crippen LogP contribution < -0.4 is 10.6 Å². The first-order valence-electron chi connectivity index (χ1n) is 13.1. The molecule has 6 heteroatoms. The summed E-state index contributed by atoms with van der Waals surface area (Å²) in [6.07, 6.45) is 4.60. The van der Waals surface area contributed by atoms with Gasteiger partial charge in [-0.2, -0.15) is 0 Å². The predicted molar refractivity (Wildman–Crippen MR) is 132 cm³/mol. The van der Waals surface area contributed by atoms with Crippen molar-refractivity contribution in [1.29, 1.82) is 0 Å². The van der Waals surface area contributed by atoms with Gasteiger partial charge in [0, 0.05) is 43.6 Å². The van der Waals surface area contributed by atoms with E-state index in [1.807, 2.05) is 13.8 Å². The third-order valence-corrected chi connectivity index (χ3v) is 7.39. The van der Waals surface area contributed by atoms with Gasteiger partial charge in [-0.3, -0.25) is 9.59 Å². The van der Waals surface area contributed by atoms with Crippen molar-refractivity contribution in [2.75, 3.05) is 39.3 Å². The van der Waals surface area contributed by atoms with E-state index in [1.54, 1.807) is 0 Å². The van der Waals surface area contributed by atoms with Crippen LogP contribution >= 0.6 is 0 Å². The lowest BCUT2D eigenvalue weighted by Crippen LogP contribution is -2.52. The zero-order valence-electron chi connectivity index (χ0n) is 21.8. The molecule has 186 valence electrons. The largest absolute Gasteiger partial charge is 0.352 e. The number of carbonyl (C=O) groups is 2.